The van der Waals surface area contributed by atoms with Gasteiger partial charge in [0, 0.05) is 61.3 Å². The molecular formula is C54H46N4S6. The van der Waals surface area contributed by atoms with Crippen molar-refractivity contribution in [1.29, 1.82) is 0 Å². The monoisotopic (exact) mass is 942 g/mol. The van der Waals surface area contributed by atoms with Crippen LogP contribution >= 0.6 is 68.8 Å². The zero-order valence-electron chi connectivity index (χ0n) is 36.2. The van der Waals surface area contributed by atoms with Crippen LogP contribution in [0.2, 0.25) is 0 Å². The van der Waals surface area contributed by atoms with Gasteiger partial charge >= 0.3 is 0 Å². The average Bonchev–Trinajstić information content (AvgIpc) is 4.19. The van der Waals surface area contributed by atoms with Crippen LogP contribution in [0.15, 0.2) is 121 Å². The molecule has 0 saturated carbocycles. The summed E-state index contributed by atoms with van der Waals surface area (Å²) in [6.45, 7) is 9.20. The molecule has 0 unspecified atom stereocenters. The molecule has 0 amide bonds. The van der Waals surface area contributed by atoms with E-state index in [4.69, 9.17) is 17.5 Å². The minimum absolute atomic E-state index is 0.741. The van der Waals surface area contributed by atoms with Gasteiger partial charge in [0.05, 0.1) is 23.5 Å². The van der Waals surface area contributed by atoms with E-state index in [0.717, 1.165) is 57.9 Å². The first-order valence-electron chi connectivity index (χ1n) is 22.3. The Morgan fingerprint density at radius 2 is 0.688 bits per heavy atom. The Bertz CT molecular complexity index is 3210. The summed E-state index contributed by atoms with van der Waals surface area (Å²) in [5.41, 5.74) is 11.1. The summed E-state index contributed by atoms with van der Waals surface area (Å²) >= 11 is 10.1. The van der Waals surface area contributed by atoms with Gasteiger partial charge in [-0.1, -0.05) is 102 Å². The third-order valence-electron chi connectivity index (χ3n) is 13.1. The number of rotatable bonds is 14. The van der Waals surface area contributed by atoms with Gasteiger partial charge < -0.3 is 0 Å². The normalized spacial score (nSPS) is 12.1. The van der Waals surface area contributed by atoms with Gasteiger partial charge in [0.2, 0.25) is 0 Å². The van der Waals surface area contributed by atoms with E-state index < -0.39 is 0 Å². The number of hydrogen-bond acceptors (Lipinski definition) is 10. The SMILES string of the molecule is CCC(CC)Cc1ccc(-c2ccc(-c3ccc(-c4ccc5cc6cc(-c7ccc(-c8ccc(-c9ccc(CC(CC)CC)s9)c9nsnc89)s7)ccc6cc5c4)s3)c3nsnc23)s1. The molecule has 0 N–H and O–H groups in total. The predicted molar refractivity (Wildman–Crippen MR) is 283 cm³/mol. The minimum Gasteiger partial charge on any atom is -0.172 e. The third kappa shape index (κ3) is 7.86. The molecule has 0 saturated heterocycles. The highest BCUT2D eigenvalue weighted by atomic mass is 32.1. The molecule has 0 atom stereocenters. The number of thiophene rings is 4. The fourth-order valence-corrected chi connectivity index (χ4v) is 14.6. The predicted octanol–water partition coefficient (Wildman–Crippen LogP) is 18.2. The lowest BCUT2D eigenvalue weighted by molar-refractivity contribution is 0.494. The first-order chi connectivity index (χ1) is 31.5. The molecule has 0 aliphatic heterocycles. The summed E-state index contributed by atoms with van der Waals surface area (Å²) < 4.78 is 19.3. The van der Waals surface area contributed by atoms with Crippen LogP contribution in [0, 0.1) is 11.8 Å². The van der Waals surface area contributed by atoms with Crippen molar-refractivity contribution in [3.63, 3.8) is 0 Å². The zero-order chi connectivity index (χ0) is 43.3. The van der Waals surface area contributed by atoms with Crippen molar-refractivity contribution >= 4 is 112 Å². The van der Waals surface area contributed by atoms with Crippen LogP contribution in [0.25, 0.3) is 106 Å². The summed E-state index contributed by atoms with van der Waals surface area (Å²) in [6, 6.07) is 45.6. The van der Waals surface area contributed by atoms with Crippen LogP contribution in [0.5, 0.6) is 0 Å². The van der Waals surface area contributed by atoms with Gasteiger partial charge in [0.1, 0.15) is 22.1 Å². The second-order valence-corrected chi connectivity index (χ2v) is 22.4. The molecule has 318 valence electrons. The Hall–Kier alpha value is -4.94. The molecule has 10 heteroatoms. The van der Waals surface area contributed by atoms with E-state index in [2.05, 4.69) is 149 Å². The molecule has 0 spiro atoms. The van der Waals surface area contributed by atoms with Crippen LogP contribution < -0.4 is 0 Å². The Labute approximate surface area is 398 Å². The topological polar surface area (TPSA) is 51.6 Å². The Kier molecular flexibility index (Phi) is 11.6. The number of fused-ring (bicyclic) bond motifs is 4. The smallest absolute Gasteiger partial charge is 0.114 e. The van der Waals surface area contributed by atoms with Gasteiger partial charge in [-0.25, -0.2) is 0 Å². The number of benzene rings is 5. The lowest BCUT2D eigenvalue weighted by Crippen LogP contribution is -1.99. The van der Waals surface area contributed by atoms with E-state index >= 15 is 0 Å². The van der Waals surface area contributed by atoms with Gasteiger partial charge in [0.25, 0.3) is 0 Å². The van der Waals surface area contributed by atoms with Gasteiger partial charge in [-0.05, 0) is 130 Å². The van der Waals surface area contributed by atoms with Crippen LogP contribution in [-0.2, 0) is 12.8 Å². The summed E-state index contributed by atoms with van der Waals surface area (Å²) in [5.74, 6) is 1.48. The highest BCUT2D eigenvalue weighted by molar-refractivity contribution is 7.19. The van der Waals surface area contributed by atoms with Crippen molar-refractivity contribution in [3.05, 3.63) is 131 Å². The standard InChI is InChI=1S/C54H46N4S6/c1-5-31(6-2)25-39-13-19-47(59-39)41-15-17-43(53-51(41)55-63-57-53)49-23-21-45(61-49)35-11-9-33-28-38-30-36(12-10-34(38)27-37(33)29-35)46-22-24-50(62-46)44-18-16-42(52-54(44)58-64-56-52)48-20-14-40(60-48)26-32(7-3)8-4/h9-24,27-32H,5-8,25-26H2,1-4H3. The fraction of sp³-hybridized carbons (Fsp3) is 0.222. The minimum atomic E-state index is 0.741. The second-order valence-electron chi connectivity index (χ2n) is 16.9. The summed E-state index contributed by atoms with van der Waals surface area (Å²) in [5, 5.41) is 4.98. The molecule has 0 fully saturated rings. The van der Waals surface area contributed by atoms with Crippen molar-refractivity contribution in [3.8, 4) is 62.6 Å². The van der Waals surface area contributed by atoms with E-state index in [1.54, 1.807) is 0 Å². The molecule has 0 bridgehead atoms. The van der Waals surface area contributed by atoms with E-state index in [-0.39, 0.29) is 0 Å². The highest BCUT2D eigenvalue weighted by Crippen LogP contribution is 2.44. The molecule has 11 rings (SSSR count). The molecule has 6 aromatic heterocycles. The quantitative estimate of drug-likeness (QED) is 0.102. The summed E-state index contributed by atoms with van der Waals surface area (Å²) in [4.78, 5) is 10.4. The van der Waals surface area contributed by atoms with Crippen LogP contribution in [0.4, 0.5) is 0 Å². The van der Waals surface area contributed by atoms with Crippen molar-refractivity contribution in [2.24, 2.45) is 11.8 Å². The van der Waals surface area contributed by atoms with Gasteiger partial charge in [-0.2, -0.15) is 17.5 Å². The maximum absolute atomic E-state index is 4.83. The van der Waals surface area contributed by atoms with Crippen LogP contribution in [0.1, 0.15) is 63.1 Å². The van der Waals surface area contributed by atoms with Crippen molar-refractivity contribution in [1.82, 2.24) is 17.5 Å². The third-order valence-corrected chi connectivity index (χ3v) is 18.8. The summed E-state index contributed by atoms with van der Waals surface area (Å²) in [7, 11) is 0. The number of aromatic nitrogens is 4. The number of nitrogens with zero attached hydrogens (tertiary/aromatic N) is 4. The van der Waals surface area contributed by atoms with Crippen molar-refractivity contribution in [2.75, 3.05) is 0 Å². The average molecular weight is 943 g/mol. The molecule has 5 aromatic carbocycles. The van der Waals surface area contributed by atoms with Gasteiger partial charge in [-0.3, -0.25) is 0 Å². The van der Waals surface area contributed by atoms with Gasteiger partial charge in [-0.15, -0.1) is 45.3 Å². The van der Waals surface area contributed by atoms with Crippen molar-refractivity contribution < 1.29 is 0 Å². The largest absolute Gasteiger partial charge is 0.172 e. The van der Waals surface area contributed by atoms with E-state index in [1.807, 2.05) is 45.3 Å². The lowest BCUT2D eigenvalue weighted by atomic mass is 9.99. The van der Waals surface area contributed by atoms with E-state index in [0.29, 0.717) is 0 Å². The van der Waals surface area contributed by atoms with Crippen LogP contribution in [0.3, 0.4) is 0 Å². The molecule has 0 aliphatic carbocycles. The molecule has 4 nitrogen and oxygen atoms in total. The van der Waals surface area contributed by atoms with E-state index in [9.17, 15) is 0 Å². The molecule has 0 radical (unpaired) electrons. The lowest BCUT2D eigenvalue weighted by Gasteiger charge is -2.09. The molecule has 0 aliphatic rings. The Morgan fingerprint density at radius 1 is 0.344 bits per heavy atom. The van der Waals surface area contributed by atoms with Gasteiger partial charge in [0.15, 0.2) is 0 Å². The number of hydrogen-bond donors (Lipinski definition) is 0. The molecule has 6 heterocycles. The van der Waals surface area contributed by atoms with E-state index in [1.165, 1.54) is 132 Å². The zero-order valence-corrected chi connectivity index (χ0v) is 41.1. The first-order valence-corrected chi connectivity index (χ1v) is 27.1. The maximum atomic E-state index is 4.83. The second kappa shape index (κ2) is 17.8. The summed E-state index contributed by atoms with van der Waals surface area (Å²) in [6.07, 6.45) is 7.19. The van der Waals surface area contributed by atoms with Crippen molar-refractivity contribution in [2.45, 2.75) is 66.2 Å². The molecule has 11 aromatic rings. The molecular weight excluding hydrogens is 897 g/mol. The Morgan fingerprint density at radius 3 is 1.06 bits per heavy atom. The fourth-order valence-electron chi connectivity index (χ4n) is 9.10. The molecule has 64 heavy (non-hydrogen) atoms. The highest BCUT2D eigenvalue weighted by Gasteiger charge is 2.20. The Balaban J connectivity index is 0.832. The first kappa shape index (κ1) is 41.7. The van der Waals surface area contributed by atoms with Crippen LogP contribution in [-0.4, -0.2) is 17.5 Å². The maximum Gasteiger partial charge on any atom is 0.114 e.